The van der Waals surface area contributed by atoms with Crippen LogP contribution < -0.4 is 5.32 Å². The summed E-state index contributed by atoms with van der Waals surface area (Å²) in [5.41, 5.74) is 2.38. The second kappa shape index (κ2) is 9.20. The van der Waals surface area contributed by atoms with Gasteiger partial charge in [-0.2, -0.15) is 0 Å². The molecular formula is C23H35N3O. The topological polar surface area (TPSA) is 35.6 Å². The standard InChI is InChI=1S/C23H35N3O/c27-23(18-25-16-12-22(13-17-25)26-14-4-5-15-26)24-21-10-8-20(9-11-21)19-6-2-1-3-7-19/h8-11,19,22H,1-7,12-18H2,(H,24,27). The van der Waals surface area contributed by atoms with Gasteiger partial charge in [0.15, 0.2) is 0 Å². The van der Waals surface area contributed by atoms with Crippen LogP contribution in [0.25, 0.3) is 0 Å². The van der Waals surface area contributed by atoms with Gasteiger partial charge in [0.2, 0.25) is 5.91 Å². The van der Waals surface area contributed by atoms with Crippen LogP contribution in [0.15, 0.2) is 24.3 Å². The fourth-order valence-corrected chi connectivity index (χ4v) is 5.23. The Bertz CT molecular complexity index is 595. The zero-order valence-corrected chi connectivity index (χ0v) is 16.7. The van der Waals surface area contributed by atoms with Gasteiger partial charge in [-0.1, -0.05) is 31.4 Å². The molecule has 1 aliphatic carbocycles. The maximum Gasteiger partial charge on any atom is 0.238 e. The molecule has 1 aromatic rings. The third-order valence-electron chi connectivity index (χ3n) is 6.85. The molecule has 148 valence electrons. The highest BCUT2D eigenvalue weighted by Gasteiger charge is 2.27. The molecule has 3 aliphatic rings. The molecule has 27 heavy (non-hydrogen) atoms. The second-order valence-corrected chi connectivity index (χ2v) is 8.76. The van der Waals surface area contributed by atoms with Crippen molar-refractivity contribution in [1.29, 1.82) is 0 Å². The molecule has 0 aromatic heterocycles. The first-order chi connectivity index (χ1) is 13.3. The lowest BCUT2D eigenvalue weighted by Gasteiger charge is -2.36. The van der Waals surface area contributed by atoms with E-state index in [2.05, 4.69) is 39.4 Å². The maximum absolute atomic E-state index is 12.4. The summed E-state index contributed by atoms with van der Waals surface area (Å²) in [6.07, 6.45) is 11.9. The van der Waals surface area contributed by atoms with Crippen molar-refractivity contribution in [3.05, 3.63) is 29.8 Å². The van der Waals surface area contributed by atoms with Crippen molar-refractivity contribution in [2.75, 3.05) is 38.0 Å². The Morgan fingerprint density at radius 1 is 0.852 bits per heavy atom. The lowest BCUT2D eigenvalue weighted by molar-refractivity contribution is -0.117. The normalized spacial score (nSPS) is 23.6. The summed E-state index contributed by atoms with van der Waals surface area (Å²) < 4.78 is 0. The molecule has 0 atom stereocenters. The molecule has 4 nitrogen and oxygen atoms in total. The summed E-state index contributed by atoms with van der Waals surface area (Å²) in [6.45, 7) is 5.19. The van der Waals surface area contributed by atoms with Crippen molar-refractivity contribution >= 4 is 11.6 Å². The van der Waals surface area contributed by atoms with Crippen molar-refractivity contribution < 1.29 is 4.79 Å². The Hall–Kier alpha value is -1.39. The third-order valence-corrected chi connectivity index (χ3v) is 6.85. The number of likely N-dealkylation sites (tertiary alicyclic amines) is 2. The van der Waals surface area contributed by atoms with Crippen LogP contribution in [0.2, 0.25) is 0 Å². The Kier molecular flexibility index (Phi) is 6.46. The molecule has 0 radical (unpaired) electrons. The summed E-state index contributed by atoms with van der Waals surface area (Å²) in [4.78, 5) is 17.4. The molecular weight excluding hydrogens is 334 g/mol. The number of nitrogens with zero attached hydrogens (tertiary/aromatic N) is 2. The highest BCUT2D eigenvalue weighted by Crippen LogP contribution is 2.33. The van der Waals surface area contributed by atoms with Gasteiger partial charge in [-0.15, -0.1) is 0 Å². The third kappa shape index (κ3) is 5.11. The average molecular weight is 370 g/mol. The van der Waals surface area contributed by atoms with E-state index < -0.39 is 0 Å². The molecule has 1 saturated carbocycles. The quantitative estimate of drug-likeness (QED) is 0.843. The summed E-state index contributed by atoms with van der Waals surface area (Å²) in [5.74, 6) is 0.848. The van der Waals surface area contributed by atoms with E-state index in [9.17, 15) is 4.79 Å². The highest BCUT2D eigenvalue weighted by atomic mass is 16.2. The molecule has 1 amide bonds. The van der Waals surface area contributed by atoms with Crippen LogP contribution in [0.5, 0.6) is 0 Å². The van der Waals surface area contributed by atoms with Gasteiger partial charge in [0.1, 0.15) is 0 Å². The fraction of sp³-hybridized carbons (Fsp3) is 0.696. The number of nitrogens with one attached hydrogen (secondary N) is 1. The lowest BCUT2D eigenvalue weighted by atomic mass is 9.84. The van der Waals surface area contributed by atoms with E-state index in [1.54, 1.807) is 0 Å². The van der Waals surface area contributed by atoms with E-state index in [4.69, 9.17) is 0 Å². The van der Waals surface area contributed by atoms with Gasteiger partial charge in [-0.3, -0.25) is 9.69 Å². The van der Waals surface area contributed by atoms with Crippen molar-refractivity contribution in [2.45, 2.75) is 69.7 Å². The number of hydrogen-bond donors (Lipinski definition) is 1. The number of amides is 1. The largest absolute Gasteiger partial charge is 0.325 e. The van der Waals surface area contributed by atoms with Gasteiger partial charge >= 0.3 is 0 Å². The van der Waals surface area contributed by atoms with Crippen molar-refractivity contribution in [2.24, 2.45) is 0 Å². The minimum atomic E-state index is 0.125. The Labute approximate surface area is 164 Å². The molecule has 2 saturated heterocycles. The van der Waals surface area contributed by atoms with E-state index in [1.165, 1.54) is 76.4 Å². The van der Waals surface area contributed by atoms with Crippen LogP contribution in [-0.4, -0.2) is 54.5 Å². The fourth-order valence-electron chi connectivity index (χ4n) is 5.23. The zero-order chi connectivity index (χ0) is 18.5. The zero-order valence-electron chi connectivity index (χ0n) is 16.7. The van der Waals surface area contributed by atoms with Gasteiger partial charge in [0.25, 0.3) is 0 Å². The Morgan fingerprint density at radius 2 is 1.52 bits per heavy atom. The molecule has 0 spiro atoms. The average Bonchev–Trinajstić information content (AvgIpc) is 3.25. The van der Waals surface area contributed by atoms with Gasteiger partial charge in [-0.05, 0) is 75.2 Å². The van der Waals surface area contributed by atoms with E-state index in [1.807, 2.05) is 0 Å². The second-order valence-electron chi connectivity index (χ2n) is 8.76. The number of piperidine rings is 1. The minimum absolute atomic E-state index is 0.125. The number of rotatable bonds is 5. The van der Waals surface area contributed by atoms with E-state index in [0.717, 1.165) is 30.7 Å². The molecule has 1 aromatic carbocycles. The first-order valence-electron chi connectivity index (χ1n) is 11.1. The Morgan fingerprint density at radius 3 is 2.19 bits per heavy atom. The van der Waals surface area contributed by atoms with Gasteiger partial charge < -0.3 is 10.2 Å². The van der Waals surface area contributed by atoms with E-state index >= 15 is 0 Å². The first kappa shape index (κ1) is 18.9. The highest BCUT2D eigenvalue weighted by molar-refractivity contribution is 5.92. The van der Waals surface area contributed by atoms with Gasteiger partial charge in [-0.25, -0.2) is 0 Å². The number of anilines is 1. The number of carbonyl (C=O) groups is 1. The molecule has 0 bridgehead atoms. The smallest absolute Gasteiger partial charge is 0.238 e. The molecule has 2 heterocycles. The number of hydrogen-bond acceptors (Lipinski definition) is 3. The van der Waals surface area contributed by atoms with Crippen LogP contribution in [0, 0.1) is 0 Å². The molecule has 0 unspecified atom stereocenters. The maximum atomic E-state index is 12.4. The molecule has 4 rings (SSSR count). The van der Waals surface area contributed by atoms with Crippen LogP contribution in [0.3, 0.4) is 0 Å². The molecule has 2 aliphatic heterocycles. The SMILES string of the molecule is O=C(CN1CCC(N2CCCC2)CC1)Nc1ccc(C2CCCCC2)cc1. The van der Waals surface area contributed by atoms with E-state index in [0.29, 0.717) is 6.54 Å². The Balaban J connectivity index is 1.21. The number of carbonyl (C=O) groups excluding carboxylic acids is 1. The summed E-state index contributed by atoms with van der Waals surface area (Å²) >= 11 is 0. The molecule has 1 N–H and O–H groups in total. The van der Waals surface area contributed by atoms with Crippen molar-refractivity contribution in [3.63, 3.8) is 0 Å². The number of benzene rings is 1. The summed E-state index contributed by atoms with van der Waals surface area (Å²) in [5, 5.41) is 3.09. The van der Waals surface area contributed by atoms with Gasteiger partial charge in [0.05, 0.1) is 6.54 Å². The monoisotopic (exact) mass is 369 g/mol. The van der Waals surface area contributed by atoms with Crippen LogP contribution in [0.1, 0.15) is 69.3 Å². The summed E-state index contributed by atoms with van der Waals surface area (Å²) in [7, 11) is 0. The molecule has 3 fully saturated rings. The first-order valence-corrected chi connectivity index (χ1v) is 11.1. The van der Waals surface area contributed by atoms with Crippen LogP contribution >= 0.6 is 0 Å². The predicted molar refractivity (Wildman–Crippen MR) is 111 cm³/mol. The molecule has 4 heteroatoms. The van der Waals surface area contributed by atoms with E-state index in [-0.39, 0.29) is 5.91 Å². The summed E-state index contributed by atoms with van der Waals surface area (Å²) in [6, 6.07) is 9.35. The minimum Gasteiger partial charge on any atom is -0.325 e. The lowest BCUT2D eigenvalue weighted by Crippen LogP contribution is -2.45. The van der Waals surface area contributed by atoms with Gasteiger partial charge in [0, 0.05) is 24.8 Å². The predicted octanol–water partition coefficient (Wildman–Crippen LogP) is 4.23. The van der Waals surface area contributed by atoms with Crippen molar-refractivity contribution in [1.82, 2.24) is 9.80 Å². The van der Waals surface area contributed by atoms with Crippen LogP contribution in [-0.2, 0) is 4.79 Å². The van der Waals surface area contributed by atoms with Crippen molar-refractivity contribution in [3.8, 4) is 0 Å². The van der Waals surface area contributed by atoms with Crippen LogP contribution in [0.4, 0.5) is 5.69 Å².